The van der Waals surface area contributed by atoms with Crippen LogP contribution in [-0.4, -0.2) is 21.9 Å². The van der Waals surface area contributed by atoms with Gasteiger partial charge in [0.25, 0.3) is 0 Å². The molecule has 1 aromatic heterocycles. The zero-order valence-corrected chi connectivity index (χ0v) is 12.9. The second-order valence-electron chi connectivity index (χ2n) is 4.82. The molecular formula is C16H14ClN3O2. The highest BCUT2D eigenvalue weighted by molar-refractivity contribution is 6.30. The van der Waals surface area contributed by atoms with E-state index in [1.807, 2.05) is 37.3 Å². The van der Waals surface area contributed by atoms with Crippen LogP contribution < -0.4 is 10.4 Å². The third-order valence-corrected chi connectivity index (χ3v) is 3.67. The molecule has 3 rings (SSSR count). The lowest BCUT2D eigenvalue weighted by Crippen LogP contribution is -2.16. The summed E-state index contributed by atoms with van der Waals surface area (Å²) in [6.07, 6.45) is 0. The van der Waals surface area contributed by atoms with Gasteiger partial charge < -0.3 is 4.74 Å². The Kier molecular flexibility index (Phi) is 3.73. The van der Waals surface area contributed by atoms with Gasteiger partial charge in [0.1, 0.15) is 5.75 Å². The maximum atomic E-state index is 12.2. The molecule has 1 heterocycles. The van der Waals surface area contributed by atoms with Gasteiger partial charge in [-0.15, -0.1) is 0 Å². The molecular weight excluding hydrogens is 302 g/mol. The summed E-state index contributed by atoms with van der Waals surface area (Å²) in [5, 5.41) is 7.19. The predicted octanol–water partition coefficient (Wildman–Crippen LogP) is 3.20. The number of methoxy groups -OCH3 is 1. The van der Waals surface area contributed by atoms with E-state index >= 15 is 0 Å². The van der Waals surface area contributed by atoms with Crippen molar-refractivity contribution in [3.63, 3.8) is 0 Å². The highest BCUT2D eigenvalue weighted by Gasteiger charge is 2.17. The van der Waals surface area contributed by atoms with Gasteiger partial charge >= 0.3 is 5.69 Å². The summed E-state index contributed by atoms with van der Waals surface area (Å²) in [4.78, 5) is 12.2. The minimum atomic E-state index is -0.328. The highest BCUT2D eigenvalue weighted by Crippen LogP contribution is 2.29. The number of aromatic amines is 1. The summed E-state index contributed by atoms with van der Waals surface area (Å²) < 4.78 is 6.86. The molecule has 3 aromatic rings. The average molecular weight is 316 g/mol. The van der Waals surface area contributed by atoms with Crippen molar-refractivity contribution >= 4 is 11.6 Å². The van der Waals surface area contributed by atoms with Crippen LogP contribution in [0.25, 0.3) is 17.1 Å². The minimum absolute atomic E-state index is 0.328. The van der Waals surface area contributed by atoms with Crippen LogP contribution in [0.1, 0.15) is 5.56 Å². The van der Waals surface area contributed by atoms with Gasteiger partial charge in [-0.3, -0.25) is 0 Å². The lowest BCUT2D eigenvalue weighted by Gasteiger charge is -2.11. The van der Waals surface area contributed by atoms with Crippen LogP contribution in [0.15, 0.2) is 47.3 Å². The second-order valence-corrected chi connectivity index (χ2v) is 5.26. The Bertz CT molecular complexity index is 883. The third kappa shape index (κ3) is 2.40. The fraction of sp³-hybridized carbons (Fsp3) is 0.125. The Morgan fingerprint density at radius 2 is 2.00 bits per heavy atom. The number of benzene rings is 2. The van der Waals surface area contributed by atoms with Crippen LogP contribution in [0.5, 0.6) is 5.75 Å². The summed E-state index contributed by atoms with van der Waals surface area (Å²) in [5.41, 5.74) is 2.00. The largest absolute Gasteiger partial charge is 0.496 e. The Hall–Kier alpha value is -2.53. The number of nitrogens with zero attached hydrogens (tertiary/aromatic N) is 2. The first-order valence-electron chi connectivity index (χ1n) is 6.69. The van der Waals surface area contributed by atoms with Crippen molar-refractivity contribution < 1.29 is 4.74 Å². The van der Waals surface area contributed by atoms with E-state index < -0.39 is 0 Å². The quantitative estimate of drug-likeness (QED) is 0.807. The van der Waals surface area contributed by atoms with Gasteiger partial charge in [-0.2, -0.15) is 5.10 Å². The van der Waals surface area contributed by atoms with Crippen molar-refractivity contribution in [3.8, 4) is 22.8 Å². The maximum absolute atomic E-state index is 12.2. The first-order chi connectivity index (χ1) is 10.6. The number of aromatic nitrogens is 3. The highest BCUT2D eigenvalue weighted by atomic mass is 35.5. The summed E-state index contributed by atoms with van der Waals surface area (Å²) in [5.74, 6) is 1.12. The summed E-state index contributed by atoms with van der Waals surface area (Å²) in [6.45, 7) is 1.91. The summed E-state index contributed by atoms with van der Waals surface area (Å²) in [6, 6.07) is 12.8. The van der Waals surface area contributed by atoms with Gasteiger partial charge in [0.2, 0.25) is 0 Å². The lowest BCUT2D eigenvalue weighted by atomic mass is 10.1. The number of rotatable bonds is 3. The van der Waals surface area contributed by atoms with Crippen molar-refractivity contribution in [1.82, 2.24) is 14.8 Å². The summed E-state index contributed by atoms with van der Waals surface area (Å²) >= 11 is 6.07. The van der Waals surface area contributed by atoms with Gasteiger partial charge in [0.15, 0.2) is 5.82 Å². The number of ether oxygens (including phenoxy) is 1. The fourth-order valence-electron chi connectivity index (χ4n) is 2.35. The van der Waals surface area contributed by atoms with Crippen molar-refractivity contribution in [2.45, 2.75) is 6.92 Å². The molecule has 0 saturated heterocycles. The molecule has 0 bridgehead atoms. The molecule has 0 atom stereocenters. The fourth-order valence-corrected chi connectivity index (χ4v) is 2.52. The Labute approximate surface area is 132 Å². The molecule has 0 amide bonds. The molecule has 0 aliphatic rings. The van der Waals surface area contributed by atoms with Crippen LogP contribution in [0.3, 0.4) is 0 Å². The molecule has 0 saturated carbocycles. The lowest BCUT2D eigenvalue weighted by molar-refractivity contribution is 0.416. The van der Waals surface area contributed by atoms with Gasteiger partial charge in [0, 0.05) is 5.02 Å². The molecule has 112 valence electrons. The van der Waals surface area contributed by atoms with Crippen LogP contribution >= 0.6 is 11.6 Å². The number of aryl methyl sites for hydroxylation is 1. The van der Waals surface area contributed by atoms with Crippen LogP contribution in [0.2, 0.25) is 5.02 Å². The topological polar surface area (TPSA) is 59.9 Å². The third-order valence-electron chi connectivity index (χ3n) is 3.43. The van der Waals surface area contributed by atoms with E-state index in [2.05, 4.69) is 10.2 Å². The molecule has 5 nitrogen and oxygen atoms in total. The van der Waals surface area contributed by atoms with Crippen LogP contribution in [-0.2, 0) is 0 Å². The van der Waals surface area contributed by atoms with E-state index in [4.69, 9.17) is 16.3 Å². The van der Waals surface area contributed by atoms with Crippen molar-refractivity contribution in [3.05, 3.63) is 63.5 Å². The average Bonchev–Trinajstić information content (AvgIpc) is 2.91. The standard InChI is InChI=1S/C16H14ClN3O2/c1-10-7-8-11(17)9-13(10)20-15(18-19-16(20)21)12-5-3-4-6-14(12)22-2/h3-9H,1-2H3,(H,19,21). The molecule has 0 radical (unpaired) electrons. The maximum Gasteiger partial charge on any atom is 0.348 e. The van der Waals surface area contributed by atoms with Gasteiger partial charge in [-0.25, -0.2) is 14.5 Å². The van der Waals surface area contributed by atoms with E-state index in [0.717, 1.165) is 11.1 Å². The van der Waals surface area contributed by atoms with Gasteiger partial charge in [-0.1, -0.05) is 29.8 Å². The number of para-hydroxylation sites is 1. The molecule has 0 aliphatic heterocycles. The Morgan fingerprint density at radius 1 is 1.23 bits per heavy atom. The zero-order valence-electron chi connectivity index (χ0n) is 12.1. The first-order valence-corrected chi connectivity index (χ1v) is 7.07. The van der Waals surface area contributed by atoms with E-state index in [1.165, 1.54) is 4.57 Å². The smallest absolute Gasteiger partial charge is 0.348 e. The van der Waals surface area contributed by atoms with E-state index in [-0.39, 0.29) is 5.69 Å². The summed E-state index contributed by atoms with van der Waals surface area (Å²) in [7, 11) is 1.58. The van der Waals surface area contributed by atoms with Crippen LogP contribution in [0.4, 0.5) is 0 Å². The van der Waals surface area contributed by atoms with Crippen LogP contribution in [0, 0.1) is 6.92 Å². The van der Waals surface area contributed by atoms with E-state index in [1.54, 1.807) is 19.2 Å². The predicted molar refractivity (Wildman–Crippen MR) is 85.9 cm³/mol. The minimum Gasteiger partial charge on any atom is -0.496 e. The van der Waals surface area contributed by atoms with Crippen molar-refractivity contribution in [2.24, 2.45) is 0 Å². The van der Waals surface area contributed by atoms with Gasteiger partial charge in [-0.05, 0) is 36.8 Å². The zero-order chi connectivity index (χ0) is 15.7. The number of hydrogen-bond donors (Lipinski definition) is 1. The molecule has 0 fully saturated rings. The normalized spacial score (nSPS) is 10.7. The molecule has 6 heteroatoms. The Morgan fingerprint density at radius 3 is 2.77 bits per heavy atom. The number of halogens is 1. The van der Waals surface area contributed by atoms with Crippen molar-refractivity contribution in [1.29, 1.82) is 0 Å². The van der Waals surface area contributed by atoms with E-state index in [0.29, 0.717) is 22.3 Å². The number of hydrogen-bond acceptors (Lipinski definition) is 3. The molecule has 0 spiro atoms. The number of nitrogens with one attached hydrogen (secondary N) is 1. The molecule has 0 unspecified atom stereocenters. The SMILES string of the molecule is COc1ccccc1-c1n[nH]c(=O)n1-c1cc(Cl)ccc1C. The van der Waals surface area contributed by atoms with Gasteiger partial charge in [0.05, 0.1) is 18.4 Å². The van der Waals surface area contributed by atoms with Crippen molar-refractivity contribution in [2.75, 3.05) is 7.11 Å². The monoisotopic (exact) mass is 315 g/mol. The Balaban J connectivity index is 2.29. The van der Waals surface area contributed by atoms with E-state index in [9.17, 15) is 4.79 Å². The first kappa shape index (κ1) is 14.4. The number of H-pyrrole nitrogens is 1. The molecule has 2 aromatic carbocycles. The molecule has 1 N–H and O–H groups in total. The second kappa shape index (κ2) is 5.69. The molecule has 22 heavy (non-hydrogen) atoms. The molecule has 0 aliphatic carbocycles.